The number of fused-ring (bicyclic) bond motifs is 1. The normalized spacial score (nSPS) is 11.9. The molecule has 2 heterocycles. The summed E-state index contributed by atoms with van der Waals surface area (Å²) in [7, 11) is 0. The molecular weight excluding hydrogens is 348 g/mol. The van der Waals surface area contributed by atoms with Crippen molar-refractivity contribution in [3.05, 3.63) is 77.7 Å². The minimum absolute atomic E-state index is 0.138. The summed E-state index contributed by atoms with van der Waals surface area (Å²) >= 11 is 0. The first kappa shape index (κ1) is 16.7. The molecule has 0 spiro atoms. The molecule has 2 N–H and O–H groups in total. The highest BCUT2D eigenvalue weighted by molar-refractivity contribution is 6.09. The Bertz CT molecular complexity index is 982. The Morgan fingerprint density at radius 2 is 1.78 bits per heavy atom. The van der Waals surface area contributed by atoms with E-state index in [0.29, 0.717) is 34.1 Å². The van der Waals surface area contributed by atoms with Gasteiger partial charge in [0.15, 0.2) is 11.5 Å². The number of benzene rings is 2. The Balaban J connectivity index is 1.49. The summed E-state index contributed by atoms with van der Waals surface area (Å²) in [5, 5.41) is 5.54. The molecule has 2 aromatic carbocycles. The standard InChI is InChI=1S/C20H16N2O5/c23-19(13-7-8-17-18(10-13)27-12-26-17)22-16-6-2-1-5-15(16)20(24)21-11-14-4-3-9-25-14/h1-10H,11-12H2,(H,21,24)(H,22,23). The van der Waals surface area contributed by atoms with Crippen molar-refractivity contribution in [2.24, 2.45) is 0 Å². The Kier molecular flexibility index (Phi) is 4.49. The van der Waals surface area contributed by atoms with Crippen molar-refractivity contribution in [3.8, 4) is 11.5 Å². The number of nitrogens with one attached hydrogen (secondary N) is 2. The van der Waals surface area contributed by atoms with E-state index in [2.05, 4.69) is 10.6 Å². The molecule has 0 unspecified atom stereocenters. The number of para-hydroxylation sites is 1. The van der Waals surface area contributed by atoms with E-state index in [1.165, 1.54) is 0 Å². The van der Waals surface area contributed by atoms with Gasteiger partial charge in [-0.25, -0.2) is 0 Å². The van der Waals surface area contributed by atoms with Gasteiger partial charge >= 0.3 is 0 Å². The predicted octanol–water partition coefficient (Wildman–Crippen LogP) is 3.19. The Labute approximate surface area is 154 Å². The molecule has 4 rings (SSSR count). The first-order valence-corrected chi connectivity index (χ1v) is 8.31. The van der Waals surface area contributed by atoms with Crippen LogP contribution in [-0.2, 0) is 6.54 Å². The number of rotatable bonds is 5. The molecule has 3 aromatic rings. The highest BCUT2D eigenvalue weighted by Crippen LogP contribution is 2.32. The van der Waals surface area contributed by atoms with Gasteiger partial charge in [0.25, 0.3) is 11.8 Å². The van der Waals surface area contributed by atoms with Crippen LogP contribution < -0.4 is 20.1 Å². The van der Waals surface area contributed by atoms with Crippen LogP contribution in [0.4, 0.5) is 5.69 Å². The first-order chi connectivity index (χ1) is 13.2. The average Bonchev–Trinajstić information content (AvgIpc) is 3.37. The van der Waals surface area contributed by atoms with E-state index < -0.39 is 0 Å². The lowest BCUT2D eigenvalue weighted by molar-refractivity contribution is 0.0949. The minimum atomic E-state index is -0.348. The van der Waals surface area contributed by atoms with Gasteiger partial charge in [0.2, 0.25) is 6.79 Å². The van der Waals surface area contributed by atoms with Gasteiger partial charge in [-0.3, -0.25) is 9.59 Å². The maximum atomic E-state index is 12.6. The van der Waals surface area contributed by atoms with Crippen molar-refractivity contribution in [1.29, 1.82) is 0 Å². The summed E-state index contributed by atoms with van der Waals surface area (Å²) in [5.41, 5.74) is 1.18. The summed E-state index contributed by atoms with van der Waals surface area (Å²) < 4.78 is 15.7. The fourth-order valence-corrected chi connectivity index (χ4v) is 2.70. The van der Waals surface area contributed by atoms with Gasteiger partial charge in [-0.1, -0.05) is 12.1 Å². The van der Waals surface area contributed by atoms with E-state index in [1.807, 2.05) is 0 Å². The summed E-state index contributed by atoms with van der Waals surface area (Å²) in [4.78, 5) is 25.1. The zero-order valence-electron chi connectivity index (χ0n) is 14.2. The van der Waals surface area contributed by atoms with Gasteiger partial charge in [-0.05, 0) is 42.5 Å². The van der Waals surface area contributed by atoms with Gasteiger partial charge < -0.3 is 24.5 Å². The molecule has 0 aliphatic carbocycles. The van der Waals surface area contributed by atoms with Crippen LogP contribution in [0.2, 0.25) is 0 Å². The molecule has 0 saturated heterocycles. The molecule has 1 aliphatic rings. The number of ether oxygens (including phenoxy) is 2. The molecule has 136 valence electrons. The molecule has 7 heteroatoms. The average molecular weight is 364 g/mol. The lowest BCUT2D eigenvalue weighted by atomic mass is 10.1. The van der Waals surface area contributed by atoms with Crippen LogP contribution in [0.25, 0.3) is 0 Å². The second kappa shape index (κ2) is 7.25. The maximum absolute atomic E-state index is 12.6. The van der Waals surface area contributed by atoms with E-state index in [-0.39, 0.29) is 25.2 Å². The molecule has 0 fully saturated rings. The molecule has 1 aromatic heterocycles. The van der Waals surface area contributed by atoms with Crippen molar-refractivity contribution in [2.75, 3.05) is 12.1 Å². The molecule has 0 saturated carbocycles. The summed E-state index contributed by atoms with van der Waals surface area (Å²) in [6.07, 6.45) is 1.54. The Hall–Kier alpha value is -3.74. The van der Waals surface area contributed by atoms with Crippen molar-refractivity contribution in [2.45, 2.75) is 6.54 Å². The number of amides is 2. The number of carbonyl (C=O) groups is 2. The van der Waals surface area contributed by atoms with Crippen LogP contribution in [0.15, 0.2) is 65.3 Å². The molecule has 0 atom stereocenters. The third kappa shape index (κ3) is 3.62. The maximum Gasteiger partial charge on any atom is 0.255 e. The van der Waals surface area contributed by atoms with Crippen LogP contribution in [0, 0.1) is 0 Å². The highest BCUT2D eigenvalue weighted by atomic mass is 16.7. The number of carbonyl (C=O) groups excluding carboxylic acids is 2. The van der Waals surface area contributed by atoms with Crippen molar-refractivity contribution >= 4 is 17.5 Å². The van der Waals surface area contributed by atoms with E-state index in [0.717, 1.165) is 0 Å². The smallest absolute Gasteiger partial charge is 0.255 e. The Morgan fingerprint density at radius 1 is 0.926 bits per heavy atom. The van der Waals surface area contributed by atoms with E-state index in [9.17, 15) is 9.59 Å². The summed E-state index contributed by atoms with van der Waals surface area (Å²) in [5.74, 6) is 1.11. The van der Waals surface area contributed by atoms with Gasteiger partial charge in [-0.2, -0.15) is 0 Å². The molecular formula is C20H16N2O5. The number of furan rings is 1. The first-order valence-electron chi connectivity index (χ1n) is 8.31. The molecule has 7 nitrogen and oxygen atoms in total. The minimum Gasteiger partial charge on any atom is -0.467 e. The predicted molar refractivity (Wildman–Crippen MR) is 96.8 cm³/mol. The lowest BCUT2D eigenvalue weighted by Crippen LogP contribution is -2.24. The van der Waals surface area contributed by atoms with Crippen LogP contribution in [-0.4, -0.2) is 18.6 Å². The lowest BCUT2D eigenvalue weighted by Gasteiger charge is -2.11. The van der Waals surface area contributed by atoms with Gasteiger partial charge in [0, 0.05) is 5.56 Å². The third-order valence-corrected chi connectivity index (χ3v) is 4.06. The van der Waals surface area contributed by atoms with E-state index in [4.69, 9.17) is 13.9 Å². The third-order valence-electron chi connectivity index (χ3n) is 4.06. The van der Waals surface area contributed by atoms with Crippen molar-refractivity contribution in [3.63, 3.8) is 0 Å². The van der Waals surface area contributed by atoms with Gasteiger partial charge in [-0.15, -0.1) is 0 Å². The molecule has 0 bridgehead atoms. The number of hydrogen-bond donors (Lipinski definition) is 2. The number of hydrogen-bond acceptors (Lipinski definition) is 5. The summed E-state index contributed by atoms with van der Waals surface area (Å²) in [6, 6.07) is 15.3. The fraction of sp³-hybridized carbons (Fsp3) is 0.100. The molecule has 0 radical (unpaired) electrons. The largest absolute Gasteiger partial charge is 0.467 e. The molecule has 2 amide bonds. The topological polar surface area (TPSA) is 89.8 Å². The van der Waals surface area contributed by atoms with E-state index >= 15 is 0 Å². The summed E-state index contributed by atoms with van der Waals surface area (Å²) in [6.45, 7) is 0.398. The zero-order chi connectivity index (χ0) is 18.6. The van der Waals surface area contributed by atoms with Crippen LogP contribution in [0.5, 0.6) is 11.5 Å². The monoisotopic (exact) mass is 364 g/mol. The SMILES string of the molecule is O=C(Nc1ccccc1C(=O)NCc1ccco1)c1ccc2c(c1)OCO2. The number of anilines is 1. The van der Waals surface area contributed by atoms with Crippen LogP contribution >= 0.6 is 0 Å². The second-order valence-electron chi connectivity index (χ2n) is 5.83. The van der Waals surface area contributed by atoms with Crippen molar-refractivity contribution in [1.82, 2.24) is 5.32 Å². The fourth-order valence-electron chi connectivity index (χ4n) is 2.70. The Morgan fingerprint density at radius 3 is 2.63 bits per heavy atom. The van der Waals surface area contributed by atoms with E-state index in [1.54, 1.807) is 60.9 Å². The quantitative estimate of drug-likeness (QED) is 0.726. The van der Waals surface area contributed by atoms with Gasteiger partial charge in [0.1, 0.15) is 5.76 Å². The molecule has 27 heavy (non-hydrogen) atoms. The zero-order valence-corrected chi connectivity index (χ0v) is 14.2. The second-order valence-corrected chi connectivity index (χ2v) is 5.83. The van der Waals surface area contributed by atoms with Crippen LogP contribution in [0.3, 0.4) is 0 Å². The molecule has 1 aliphatic heterocycles. The van der Waals surface area contributed by atoms with Crippen LogP contribution in [0.1, 0.15) is 26.5 Å². The van der Waals surface area contributed by atoms with Crippen molar-refractivity contribution < 1.29 is 23.5 Å². The van der Waals surface area contributed by atoms with Gasteiger partial charge in [0.05, 0.1) is 24.1 Å². The highest BCUT2D eigenvalue weighted by Gasteiger charge is 2.18.